The summed E-state index contributed by atoms with van der Waals surface area (Å²) in [5, 5.41) is 21.2. The smallest absolute Gasteiger partial charge is 0.136 e. The molecule has 5 nitrogen and oxygen atoms in total. The molecule has 0 spiro atoms. The zero-order chi connectivity index (χ0) is 26.1. The molecule has 38 heavy (non-hydrogen) atoms. The van der Waals surface area contributed by atoms with E-state index in [0.717, 1.165) is 50.3 Å². The topological polar surface area (TPSA) is 60.2 Å². The highest BCUT2D eigenvalue weighted by Gasteiger charge is 2.24. The first-order valence-corrected chi connectivity index (χ1v) is 13.6. The predicted molar refractivity (Wildman–Crippen MR) is 160 cm³/mol. The average molecular weight is 537 g/mol. The highest BCUT2D eigenvalue weighted by Crippen LogP contribution is 2.46. The van der Waals surface area contributed by atoms with Crippen LogP contribution in [0.1, 0.15) is 29.7 Å². The molecule has 0 amide bonds. The number of hydrogen-bond donors (Lipinski definition) is 2. The van der Waals surface area contributed by atoms with Crippen LogP contribution in [0.25, 0.3) is 5.70 Å². The third-order valence-electron chi connectivity index (χ3n) is 6.42. The van der Waals surface area contributed by atoms with Crippen LogP contribution in [0.15, 0.2) is 118 Å². The minimum Gasteiger partial charge on any atom is -0.508 e. The van der Waals surface area contributed by atoms with E-state index in [1.165, 1.54) is 0 Å². The van der Waals surface area contributed by atoms with Gasteiger partial charge >= 0.3 is 0 Å². The van der Waals surface area contributed by atoms with Crippen molar-refractivity contribution in [2.75, 3.05) is 10.3 Å². The van der Waals surface area contributed by atoms with Crippen molar-refractivity contribution in [1.29, 1.82) is 0 Å². The number of thioether (sulfide) groups is 1. The standard InChI is InChI=1S/C31H25ClN4OS/c1-20-18-31(36(35-20)27-11-5-3-9-24(27)32)33-22-16-14-21(15-17-22)26-19-30(23-8-2-6-12-28(23)37)38-29-13-7-4-10-25(29)34-26/h2-17,19,30,34,37H,18H2,1H3. The number of amidine groups is 1. The Morgan fingerprint density at radius 1 is 0.947 bits per heavy atom. The van der Waals surface area contributed by atoms with Crippen molar-refractivity contribution in [1.82, 2.24) is 0 Å². The van der Waals surface area contributed by atoms with E-state index in [1.807, 2.05) is 78.7 Å². The summed E-state index contributed by atoms with van der Waals surface area (Å²) in [4.78, 5) is 6.05. The lowest BCUT2D eigenvalue weighted by Crippen LogP contribution is -2.20. The van der Waals surface area contributed by atoms with Gasteiger partial charge in [-0.1, -0.05) is 66.2 Å². The van der Waals surface area contributed by atoms with Gasteiger partial charge in [0.15, 0.2) is 0 Å². The Bertz CT molecular complexity index is 1600. The van der Waals surface area contributed by atoms with Crippen LogP contribution < -0.4 is 10.3 Å². The molecule has 0 fully saturated rings. The number of halogens is 1. The Labute approximate surface area is 231 Å². The van der Waals surface area contributed by atoms with Gasteiger partial charge in [-0.25, -0.2) is 10.0 Å². The number of phenols is 1. The number of hydrogen-bond acceptors (Lipinski definition) is 5. The zero-order valence-corrected chi connectivity index (χ0v) is 22.2. The second-order valence-electron chi connectivity index (χ2n) is 9.15. The lowest BCUT2D eigenvalue weighted by molar-refractivity contribution is 0.469. The van der Waals surface area contributed by atoms with Gasteiger partial charge in [0.25, 0.3) is 0 Å². The molecule has 2 aliphatic heterocycles. The summed E-state index contributed by atoms with van der Waals surface area (Å²) in [5.41, 5.74) is 6.58. The molecule has 1 atom stereocenters. The van der Waals surface area contributed by atoms with Crippen molar-refractivity contribution in [2.45, 2.75) is 23.5 Å². The van der Waals surface area contributed by atoms with Gasteiger partial charge in [-0.05, 0) is 61.0 Å². The van der Waals surface area contributed by atoms with Crippen LogP contribution in [-0.2, 0) is 0 Å². The van der Waals surface area contributed by atoms with Crippen molar-refractivity contribution >= 4 is 57.7 Å². The van der Waals surface area contributed by atoms with Gasteiger partial charge in [0, 0.05) is 28.3 Å². The third-order valence-corrected chi connectivity index (χ3v) is 7.99. The first-order chi connectivity index (χ1) is 18.5. The number of para-hydroxylation sites is 3. The quantitative estimate of drug-likeness (QED) is 0.274. The van der Waals surface area contributed by atoms with Crippen LogP contribution in [-0.4, -0.2) is 16.7 Å². The van der Waals surface area contributed by atoms with E-state index in [4.69, 9.17) is 16.6 Å². The van der Waals surface area contributed by atoms with Gasteiger partial charge < -0.3 is 10.4 Å². The van der Waals surface area contributed by atoms with E-state index >= 15 is 0 Å². The number of nitrogens with zero attached hydrogens (tertiary/aromatic N) is 3. The molecule has 0 aromatic heterocycles. The molecule has 188 valence electrons. The minimum absolute atomic E-state index is 0.0509. The highest BCUT2D eigenvalue weighted by molar-refractivity contribution is 7.99. The number of anilines is 2. The number of aliphatic imine (C=N–C) groups is 1. The second-order valence-corrected chi connectivity index (χ2v) is 10.7. The third kappa shape index (κ3) is 4.93. The molecule has 0 radical (unpaired) electrons. The second kappa shape index (κ2) is 10.4. The monoisotopic (exact) mass is 536 g/mol. The number of hydrazone groups is 1. The number of fused-ring (bicyclic) bond motifs is 1. The molecule has 2 heterocycles. The number of nitrogens with one attached hydrogen (secondary N) is 1. The molecule has 7 heteroatoms. The maximum absolute atomic E-state index is 10.6. The first-order valence-electron chi connectivity index (χ1n) is 12.3. The lowest BCUT2D eigenvalue weighted by atomic mass is 10.1. The minimum atomic E-state index is -0.0509. The van der Waals surface area contributed by atoms with Crippen molar-refractivity contribution in [3.63, 3.8) is 0 Å². The fourth-order valence-corrected chi connectivity index (χ4v) is 5.99. The fraction of sp³-hybridized carbons (Fsp3) is 0.0968. The first kappa shape index (κ1) is 24.3. The Morgan fingerprint density at radius 2 is 1.68 bits per heavy atom. The summed E-state index contributed by atoms with van der Waals surface area (Å²) in [5.74, 6) is 1.13. The molecule has 1 unspecified atom stereocenters. The van der Waals surface area contributed by atoms with E-state index in [1.54, 1.807) is 17.8 Å². The largest absolute Gasteiger partial charge is 0.508 e. The molecule has 6 rings (SSSR count). The Hall–Kier alpha value is -4.00. The molecule has 4 aromatic carbocycles. The van der Waals surface area contributed by atoms with E-state index < -0.39 is 0 Å². The number of phenolic OH excluding ortho intramolecular Hbond substituents is 1. The van der Waals surface area contributed by atoms with Crippen LogP contribution in [0.4, 0.5) is 17.1 Å². The maximum Gasteiger partial charge on any atom is 0.136 e. The number of rotatable bonds is 4. The molecule has 0 aliphatic carbocycles. The van der Waals surface area contributed by atoms with Crippen molar-refractivity contribution in [3.05, 3.63) is 119 Å². The Balaban J connectivity index is 1.33. The van der Waals surface area contributed by atoms with Crippen LogP contribution in [0.5, 0.6) is 5.75 Å². The molecular formula is C31H25ClN4OS. The fourth-order valence-electron chi connectivity index (χ4n) is 4.57. The van der Waals surface area contributed by atoms with Crippen LogP contribution in [0.3, 0.4) is 0 Å². The van der Waals surface area contributed by atoms with E-state index in [9.17, 15) is 5.11 Å². The molecule has 2 aliphatic rings. The highest BCUT2D eigenvalue weighted by atomic mass is 35.5. The van der Waals surface area contributed by atoms with E-state index in [0.29, 0.717) is 17.2 Å². The normalized spacial score (nSPS) is 17.9. The van der Waals surface area contributed by atoms with Crippen molar-refractivity contribution < 1.29 is 5.11 Å². The van der Waals surface area contributed by atoms with Crippen LogP contribution >= 0.6 is 23.4 Å². The molecule has 4 aromatic rings. The average Bonchev–Trinajstić information content (AvgIpc) is 3.17. The summed E-state index contributed by atoms with van der Waals surface area (Å²) in [6, 6.07) is 31.6. The van der Waals surface area contributed by atoms with Crippen LogP contribution in [0.2, 0.25) is 5.02 Å². The van der Waals surface area contributed by atoms with E-state index in [2.05, 4.69) is 40.8 Å². The number of aromatic hydroxyl groups is 1. The van der Waals surface area contributed by atoms with Crippen molar-refractivity contribution in [2.24, 2.45) is 10.1 Å². The van der Waals surface area contributed by atoms with Gasteiger partial charge in [-0.3, -0.25) is 0 Å². The Kier molecular flexibility index (Phi) is 6.66. The maximum atomic E-state index is 10.6. The van der Waals surface area contributed by atoms with Gasteiger partial charge in [-0.2, -0.15) is 5.10 Å². The summed E-state index contributed by atoms with van der Waals surface area (Å²) in [7, 11) is 0. The van der Waals surface area contributed by atoms with Gasteiger partial charge in [0.05, 0.1) is 27.3 Å². The summed E-state index contributed by atoms with van der Waals surface area (Å²) in [6.07, 6.45) is 2.84. The summed E-state index contributed by atoms with van der Waals surface area (Å²) < 4.78 is 0. The molecule has 0 bridgehead atoms. The van der Waals surface area contributed by atoms with Gasteiger partial charge in [-0.15, -0.1) is 11.8 Å². The summed E-state index contributed by atoms with van der Waals surface area (Å²) in [6.45, 7) is 2.00. The predicted octanol–water partition coefficient (Wildman–Crippen LogP) is 8.66. The lowest BCUT2D eigenvalue weighted by Gasteiger charge is -2.17. The van der Waals surface area contributed by atoms with Gasteiger partial charge in [0.1, 0.15) is 11.6 Å². The van der Waals surface area contributed by atoms with Crippen LogP contribution in [0, 0.1) is 0 Å². The number of benzene rings is 4. The van der Waals surface area contributed by atoms with Crippen molar-refractivity contribution in [3.8, 4) is 5.75 Å². The zero-order valence-electron chi connectivity index (χ0n) is 20.7. The van der Waals surface area contributed by atoms with Gasteiger partial charge in [0.2, 0.25) is 0 Å². The molecule has 2 N–H and O–H groups in total. The molecule has 0 saturated heterocycles. The molecular weight excluding hydrogens is 512 g/mol. The summed E-state index contributed by atoms with van der Waals surface area (Å²) >= 11 is 8.16. The molecule has 0 saturated carbocycles. The SMILES string of the molecule is CC1=NN(c2ccccc2Cl)C(=Nc2ccc(C3=CC(c4ccccc4O)Sc4ccccc4N3)cc2)C1. The van der Waals surface area contributed by atoms with E-state index in [-0.39, 0.29) is 5.25 Å². The Morgan fingerprint density at radius 3 is 2.50 bits per heavy atom.